The molecule has 1 amide bonds. The minimum atomic E-state index is -0.484. The Kier molecular flexibility index (Phi) is 9.63. The van der Waals surface area contributed by atoms with Gasteiger partial charge in [0.25, 0.3) is 5.56 Å². The van der Waals surface area contributed by atoms with E-state index in [2.05, 4.69) is 29.6 Å². The number of ether oxygens (including phenoxy) is 2. The number of fused-ring (bicyclic) bond motifs is 2. The van der Waals surface area contributed by atoms with Crippen molar-refractivity contribution in [3.63, 3.8) is 0 Å². The molecule has 4 heterocycles. The summed E-state index contributed by atoms with van der Waals surface area (Å²) in [6, 6.07) is 23.2. The normalized spacial score (nSPS) is 17.8. The second-order valence-electron chi connectivity index (χ2n) is 13.0. The SMILES string of the molecule is C=Cc1cccc2cccc(-n3c(C)nc4c(N5CCN(C(=O)OCc6ccccc6)[C@@H](CC#N)C5)nc(OCC5CCCN5C)nc4c3=O)c12. The Morgan fingerprint density at radius 1 is 1.00 bits per heavy atom. The average molecular weight is 685 g/mol. The zero-order valence-electron chi connectivity index (χ0n) is 28.9. The van der Waals surface area contributed by atoms with Crippen LogP contribution in [0.1, 0.15) is 36.2 Å². The summed E-state index contributed by atoms with van der Waals surface area (Å²) >= 11 is 0. The summed E-state index contributed by atoms with van der Waals surface area (Å²) in [5, 5.41) is 11.6. The summed E-state index contributed by atoms with van der Waals surface area (Å²) < 4.78 is 13.5. The van der Waals surface area contributed by atoms with Crippen LogP contribution in [0, 0.1) is 18.3 Å². The molecule has 7 rings (SSSR count). The maximum Gasteiger partial charge on any atom is 0.410 e. The first kappa shape index (κ1) is 33.7. The van der Waals surface area contributed by atoms with Crippen molar-refractivity contribution in [1.82, 2.24) is 29.3 Å². The van der Waals surface area contributed by atoms with Crippen LogP contribution < -0.4 is 15.2 Å². The third kappa shape index (κ3) is 6.72. The van der Waals surface area contributed by atoms with Gasteiger partial charge in [0.1, 0.15) is 24.6 Å². The molecule has 0 bridgehead atoms. The molecule has 5 aromatic rings. The van der Waals surface area contributed by atoms with E-state index in [4.69, 9.17) is 19.4 Å². The molecule has 2 fully saturated rings. The first-order chi connectivity index (χ1) is 24.9. The molecule has 3 aromatic carbocycles. The van der Waals surface area contributed by atoms with E-state index in [1.807, 2.05) is 71.6 Å². The highest BCUT2D eigenvalue weighted by Crippen LogP contribution is 2.30. The Bertz CT molecular complexity index is 2190. The Hall–Kier alpha value is -5.80. The summed E-state index contributed by atoms with van der Waals surface area (Å²) in [4.78, 5) is 48.2. The van der Waals surface area contributed by atoms with Crippen molar-refractivity contribution in [2.24, 2.45) is 0 Å². The van der Waals surface area contributed by atoms with Crippen LogP contribution in [0.2, 0.25) is 0 Å². The van der Waals surface area contributed by atoms with Crippen LogP contribution in [0.5, 0.6) is 6.01 Å². The Morgan fingerprint density at radius 3 is 2.55 bits per heavy atom. The van der Waals surface area contributed by atoms with Crippen LogP contribution >= 0.6 is 0 Å². The number of amides is 1. The van der Waals surface area contributed by atoms with Gasteiger partial charge in [-0.15, -0.1) is 0 Å². The van der Waals surface area contributed by atoms with Gasteiger partial charge in [0.15, 0.2) is 11.3 Å². The van der Waals surface area contributed by atoms with Crippen LogP contribution in [0.15, 0.2) is 78.1 Å². The lowest BCUT2D eigenvalue weighted by atomic mass is 10.0. The number of anilines is 1. The first-order valence-electron chi connectivity index (χ1n) is 17.2. The number of likely N-dealkylation sites (tertiary alicyclic amines) is 1. The van der Waals surface area contributed by atoms with E-state index >= 15 is 0 Å². The van der Waals surface area contributed by atoms with Crippen LogP contribution in [0.3, 0.4) is 0 Å². The number of likely N-dealkylation sites (N-methyl/N-ethyl adjacent to an activating group) is 1. The molecular formula is C39H40N8O4. The van der Waals surface area contributed by atoms with Crippen molar-refractivity contribution >= 4 is 39.8 Å². The number of hydrogen-bond acceptors (Lipinski definition) is 10. The number of aromatic nitrogens is 4. The smallest absolute Gasteiger partial charge is 0.410 e. The van der Waals surface area contributed by atoms with E-state index in [0.29, 0.717) is 36.0 Å². The molecule has 260 valence electrons. The maximum absolute atomic E-state index is 14.6. The lowest BCUT2D eigenvalue weighted by Crippen LogP contribution is -2.55. The van der Waals surface area contributed by atoms with Crippen LogP contribution in [-0.4, -0.2) is 87.3 Å². The Labute approximate surface area is 296 Å². The van der Waals surface area contributed by atoms with Crippen LogP contribution in [0.4, 0.5) is 10.6 Å². The molecule has 2 aliphatic rings. The number of carbonyl (C=O) groups excluding carboxylic acids is 1. The van der Waals surface area contributed by atoms with Crippen LogP contribution in [0.25, 0.3) is 33.6 Å². The molecule has 0 saturated carbocycles. The lowest BCUT2D eigenvalue weighted by molar-refractivity contribution is 0.0768. The minimum absolute atomic E-state index is 0.0818. The zero-order chi connectivity index (χ0) is 35.5. The van der Waals surface area contributed by atoms with Gasteiger partial charge in [-0.2, -0.15) is 15.2 Å². The number of nitriles is 1. The van der Waals surface area contributed by atoms with Crippen molar-refractivity contribution < 1.29 is 14.3 Å². The van der Waals surface area contributed by atoms with Crippen molar-refractivity contribution in [2.45, 2.75) is 44.9 Å². The molecule has 0 N–H and O–H groups in total. The van der Waals surface area contributed by atoms with Gasteiger partial charge in [0.05, 0.1) is 24.2 Å². The van der Waals surface area contributed by atoms with E-state index in [0.717, 1.165) is 41.3 Å². The average Bonchev–Trinajstić information content (AvgIpc) is 3.57. The van der Waals surface area contributed by atoms with E-state index in [1.165, 1.54) is 0 Å². The number of piperazine rings is 1. The second-order valence-corrected chi connectivity index (χ2v) is 13.0. The second kappa shape index (κ2) is 14.6. The topological polar surface area (TPSA) is 130 Å². The molecule has 51 heavy (non-hydrogen) atoms. The van der Waals surface area contributed by atoms with Gasteiger partial charge in [0.2, 0.25) is 0 Å². The molecular weight excluding hydrogens is 644 g/mol. The molecule has 12 nitrogen and oxygen atoms in total. The van der Waals surface area contributed by atoms with Crippen molar-refractivity contribution in [2.75, 3.05) is 44.7 Å². The summed E-state index contributed by atoms with van der Waals surface area (Å²) in [6.07, 6.45) is 3.46. The molecule has 12 heteroatoms. The van der Waals surface area contributed by atoms with Gasteiger partial charge in [-0.25, -0.2) is 9.78 Å². The highest BCUT2D eigenvalue weighted by Gasteiger charge is 2.34. The van der Waals surface area contributed by atoms with E-state index in [-0.39, 0.29) is 49.2 Å². The van der Waals surface area contributed by atoms with Crippen molar-refractivity contribution in [1.29, 1.82) is 5.26 Å². The molecule has 1 unspecified atom stereocenters. The van der Waals surface area contributed by atoms with Gasteiger partial charge in [-0.05, 0) is 55.9 Å². The molecule has 2 aromatic heterocycles. The number of hydrogen-bond donors (Lipinski definition) is 0. The lowest BCUT2D eigenvalue weighted by Gasteiger charge is -2.40. The van der Waals surface area contributed by atoms with Crippen LogP contribution in [-0.2, 0) is 11.3 Å². The quantitative estimate of drug-likeness (QED) is 0.196. The highest BCUT2D eigenvalue weighted by atomic mass is 16.6. The van der Waals surface area contributed by atoms with E-state index in [9.17, 15) is 14.9 Å². The standard InChI is InChI=1S/C39H40N8O4/c1-4-28-13-8-14-29-15-9-17-32(33(28)29)47-26(2)41-34-35(37(47)48)42-38(50-25-31-16-10-20-44(31)3)43-36(34)45-21-22-46(30(23-45)18-19-40)39(49)51-24-27-11-6-5-7-12-27/h4-9,11-15,17,30-31H,1,10,16,18,20-25H2,2-3H3/t30-,31?/m0/s1. The van der Waals surface area contributed by atoms with E-state index < -0.39 is 12.1 Å². The summed E-state index contributed by atoms with van der Waals surface area (Å²) in [5.41, 5.74) is 2.54. The number of benzene rings is 3. The fourth-order valence-electron chi connectivity index (χ4n) is 7.15. The maximum atomic E-state index is 14.6. The number of rotatable bonds is 9. The fraction of sp³-hybridized carbons (Fsp3) is 0.333. The molecule has 2 saturated heterocycles. The number of carbonyl (C=O) groups is 1. The van der Waals surface area contributed by atoms with E-state index in [1.54, 1.807) is 22.5 Å². The number of aryl methyl sites for hydroxylation is 1. The molecule has 0 radical (unpaired) electrons. The third-order valence-electron chi connectivity index (χ3n) is 9.85. The largest absolute Gasteiger partial charge is 0.462 e. The summed E-state index contributed by atoms with van der Waals surface area (Å²) in [5.74, 6) is 0.883. The fourth-order valence-corrected chi connectivity index (χ4v) is 7.15. The van der Waals surface area contributed by atoms with Crippen molar-refractivity contribution in [3.8, 4) is 17.8 Å². The van der Waals surface area contributed by atoms with Gasteiger partial charge in [-0.3, -0.25) is 9.36 Å². The highest BCUT2D eigenvalue weighted by molar-refractivity contribution is 5.97. The van der Waals surface area contributed by atoms with Crippen molar-refractivity contribution in [3.05, 3.63) is 101 Å². The Balaban J connectivity index is 1.28. The van der Waals surface area contributed by atoms with Gasteiger partial charge in [0, 0.05) is 31.1 Å². The predicted molar refractivity (Wildman–Crippen MR) is 196 cm³/mol. The molecule has 0 aliphatic carbocycles. The summed E-state index contributed by atoms with van der Waals surface area (Å²) in [6.45, 7) is 8.22. The van der Waals surface area contributed by atoms with Gasteiger partial charge in [-0.1, -0.05) is 73.3 Å². The summed E-state index contributed by atoms with van der Waals surface area (Å²) in [7, 11) is 2.07. The molecule has 2 aliphatic heterocycles. The first-order valence-corrected chi connectivity index (χ1v) is 17.2. The Morgan fingerprint density at radius 2 is 1.80 bits per heavy atom. The van der Waals surface area contributed by atoms with Gasteiger partial charge < -0.3 is 24.2 Å². The molecule has 0 spiro atoms. The van der Waals surface area contributed by atoms with Gasteiger partial charge >= 0.3 is 12.1 Å². The monoisotopic (exact) mass is 684 g/mol. The predicted octanol–water partition coefficient (Wildman–Crippen LogP) is 5.49. The third-order valence-corrected chi connectivity index (χ3v) is 9.85. The zero-order valence-corrected chi connectivity index (χ0v) is 28.9. The minimum Gasteiger partial charge on any atom is -0.462 e. The number of nitrogens with zero attached hydrogens (tertiary/aromatic N) is 8. The molecule has 2 atom stereocenters.